The Kier molecular flexibility index (Phi) is 8.14. The largest absolute Gasteiger partial charge is 0.399 e. The van der Waals surface area contributed by atoms with Crippen molar-refractivity contribution in [3.63, 3.8) is 0 Å². The molecule has 0 bridgehead atoms. The van der Waals surface area contributed by atoms with E-state index in [0.717, 1.165) is 5.56 Å². The SMILES string of the molecule is NC(=O)C[C@H](NC(=O)c1csc(-c2ccccc2)n1)C(=O)Nc1ccccc(N)cc(N)cc1. The maximum atomic E-state index is 12.9. The number of carbonyl (C=O) groups excluding carboxylic acids is 3. The highest BCUT2D eigenvalue weighted by Crippen LogP contribution is 2.23. The fraction of sp³-hybridized carbons (Fsp3) is 0.0833. The molecule has 8 N–H and O–H groups in total. The molecule has 3 aromatic rings. The predicted molar refractivity (Wildman–Crippen MR) is 134 cm³/mol. The zero-order valence-corrected chi connectivity index (χ0v) is 18.9. The third-order valence-corrected chi connectivity index (χ3v) is 5.41. The van der Waals surface area contributed by atoms with E-state index in [2.05, 4.69) is 15.6 Å². The van der Waals surface area contributed by atoms with Gasteiger partial charge in [0.25, 0.3) is 5.91 Å². The van der Waals surface area contributed by atoms with E-state index in [4.69, 9.17) is 17.2 Å². The number of benzene rings is 1. The first kappa shape index (κ1) is 24.2. The predicted octanol–water partition coefficient (Wildman–Crippen LogP) is 2.71. The van der Waals surface area contributed by atoms with Gasteiger partial charge in [-0.25, -0.2) is 4.98 Å². The lowest BCUT2D eigenvalue weighted by Crippen LogP contribution is -2.46. The molecule has 0 aliphatic carbocycles. The van der Waals surface area contributed by atoms with E-state index in [9.17, 15) is 14.4 Å². The summed E-state index contributed by atoms with van der Waals surface area (Å²) in [6.45, 7) is 0. The van der Waals surface area contributed by atoms with Crippen molar-refractivity contribution in [2.24, 2.45) is 5.73 Å². The molecule has 0 saturated carbocycles. The Balaban J connectivity index is 1.78. The molecule has 3 rings (SSSR count). The number of carbonyl (C=O) groups is 3. The van der Waals surface area contributed by atoms with Crippen molar-refractivity contribution in [1.29, 1.82) is 0 Å². The summed E-state index contributed by atoms with van der Waals surface area (Å²) in [6.07, 6.45) is -0.388. The monoisotopic (exact) mass is 476 g/mol. The van der Waals surface area contributed by atoms with Gasteiger partial charge in [-0.15, -0.1) is 11.3 Å². The van der Waals surface area contributed by atoms with Crippen LogP contribution in [-0.4, -0.2) is 28.7 Å². The highest BCUT2D eigenvalue weighted by molar-refractivity contribution is 7.13. The lowest BCUT2D eigenvalue weighted by Gasteiger charge is -2.16. The Labute approximate surface area is 200 Å². The summed E-state index contributed by atoms with van der Waals surface area (Å²) in [5.41, 5.74) is 19.2. The zero-order valence-electron chi connectivity index (χ0n) is 18.1. The number of nitrogens with one attached hydrogen (secondary N) is 2. The summed E-state index contributed by atoms with van der Waals surface area (Å²) in [6, 6.07) is 19.5. The number of rotatable bonds is 7. The van der Waals surface area contributed by atoms with Crippen LogP contribution in [0, 0.1) is 0 Å². The minimum atomic E-state index is -1.20. The van der Waals surface area contributed by atoms with Crippen molar-refractivity contribution in [2.75, 3.05) is 16.8 Å². The van der Waals surface area contributed by atoms with Crippen LogP contribution in [0.3, 0.4) is 0 Å². The first-order chi connectivity index (χ1) is 16.3. The summed E-state index contributed by atoms with van der Waals surface area (Å²) >= 11 is 1.30. The van der Waals surface area contributed by atoms with E-state index in [1.807, 2.05) is 30.3 Å². The lowest BCUT2D eigenvalue weighted by molar-refractivity contribution is -0.123. The quantitative estimate of drug-likeness (QED) is 0.351. The van der Waals surface area contributed by atoms with E-state index >= 15 is 0 Å². The molecule has 1 atom stereocenters. The Morgan fingerprint density at radius 1 is 0.912 bits per heavy atom. The molecular weight excluding hydrogens is 452 g/mol. The van der Waals surface area contributed by atoms with Crippen LogP contribution in [0.25, 0.3) is 10.6 Å². The van der Waals surface area contributed by atoms with E-state index < -0.39 is 23.8 Å². The molecule has 0 aliphatic rings. The molecule has 0 unspecified atom stereocenters. The highest BCUT2D eigenvalue weighted by atomic mass is 32.1. The van der Waals surface area contributed by atoms with Crippen LogP contribution in [0.2, 0.25) is 0 Å². The van der Waals surface area contributed by atoms with Crippen molar-refractivity contribution in [1.82, 2.24) is 10.3 Å². The normalized spacial score (nSPS) is 11.1. The second kappa shape index (κ2) is 11.4. The summed E-state index contributed by atoms with van der Waals surface area (Å²) in [5, 5.41) is 7.46. The number of anilines is 3. The molecular formula is C24H24N6O3S. The Morgan fingerprint density at radius 3 is 2.32 bits per heavy atom. The van der Waals surface area contributed by atoms with E-state index in [1.54, 1.807) is 47.8 Å². The van der Waals surface area contributed by atoms with Gasteiger partial charge in [0, 0.05) is 28.0 Å². The number of nitrogens with two attached hydrogens (primary N) is 3. The molecule has 9 nitrogen and oxygen atoms in total. The van der Waals surface area contributed by atoms with Crippen LogP contribution in [0.4, 0.5) is 17.1 Å². The fourth-order valence-corrected chi connectivity index (χ4v) is 3.71. The van der Waals surface area contributed by atoms with Crippen LogP contribution in [0.15, 0.2) is 78.2 Å². The van der Waals surface area contributed by atoms with Gasteiger partial charge >= 0.3 is 0 Å². The highest BCUT2D eigenvalue weighted by Gasteiger charge is 2.24. The van der Waals surface area contributed by atoms with Crippen LogP contribution >= 0.6 is 11.3 Å². The third kappa shape index (κ3) is 7.04. The van der Waals surface area contributed by atoms with Crippen molar-refractivity contribution < 1.29 is 14.4 Å². The molecule has 0 aliphatic heterocycles. The minimum Gasteiger partial charge on any atom is -0.399 e. The average molecular weight is 477 g/mol. The van der Waals surface area contributed by atoms with Crippen molar-refractivity contribution in [3.8, 4) is 10.6 Å². The second-order valence-electron chi connectivity index (χ2n) is 7.24. The third-order valence-electron chi connectivity index (χ3n) is 4.52. The number of hydrogen-bond acceptors (Lipinski definition) is 7. The molecule has 174 valence electrons. The molecule has 10 heteroatoms. The van der Waals surface area contributed by atoms with Gasteiger partial charge in [0.05, 0.1) is 6.42 Å². The van der Waals surface area contributed by atoms with Gasteiger partial charge in [0.2, 0.25) is 11.8 Å². The van der Waals surface area contributed by atoms with Crippen molar-refractivity contribution in [2.45, 2.75) is 12.5 Å². The molecule has 0 spiro atoms. The minimum absolute atomic E-state index is 0.133. The summed E-state index contributed by atoms with van der Waals surface area (Å²) in [5.74, 6) is -1.96. The topological polar surface area (TPSA) is 166 Å². The first-order valence-electron chi connectivity index (χ1n) is 10.2. The van der Waals surface area contributed by atoms with Crippen molar-refractivity contribution >= 4 is 46.1 Å². The number of nitrogens with zero attached hydrogens (tertiary/aromatic N) is 1. The smallest absolute Gasteiger partial charge is 0.271 e. The zero-order chi connectivity index (χ0) is 24.5. The van der Waals surface area contributed by atoms with Crippen LogP contribution in [0.5, 0.6) is 0 Å². The van der Waals surface area contributed by atoms with E-state index in [1.165, 1.54) is 11.3 Å². The van der Waals surface area contributed by atoms with Gasteiger partial charge in [-0.3, -0.25) is 14.4 Å². The van der Waals surface area contributed by atoms with Gasteiger partial charge in [-0.05, 0) is 30.3 Å². The Hall–Kier alpha value is -4.44. The number of amides is 3. The van der Waals surface area contributed by atoms with Crippen molar-refractivity contribution in [3.05, 3.63) is 83.9 Å². The fourth-order valence-electron chi connectivity index (χ4n) is 2.90. The average Bonchev–Trinajstić information content (AvgIpc) is 3.30. The maximum Gasteiger partial charge on any atom is 0.271 e. The molecule has 1 heterocycles. The summed E-state index contributed by atoms with van der Waals surface area (Å²) < 4.78 is 0. The maximum absolute atomic E-state index is 12.9. The molecule has 1 aromatic heterocycles. The number of hydrogen-bond donors (Lipinski definition) is 5. The Morgan fingerprint density at radius 2 is 1.59 bits per heavy atom. The first-order valence-corrected chi connectivity index (χ1v) is 11.1. The van der Waals surface area contributed by atoms with Crippen LogP contribution in [-0.2, 0) is 9.59 Å². The van der Waals surface area contributed by atoms with Gasteiger partial charge < -0.3 is 27.8 Å². The van der Waals surface area contributed by atoms with Gasteiger partial charge in [0.1, 0.15) is 16.7 Å². The molecule has 3 amide bonds. The molecule has 34 heavy (non-hydrogen) atoms. The second-order valence-corrected chi connectivity index (χ2v) is 8.10. The van der Waals surface area contributed by atoms with Crippen LogP contribution < -0.4 is 27.8 Å². The standard InChI is InChI=1S/C24H24N6O3S/c25-16-8-4-5-9-18(11-10-17(26)12-16)28-22(32)19(13-21(27)31)29-23(33)20-14-34-24(30-20)15-6-2-1-3-7-15/h1-12,14,19H,13,25-26H2,(H2,27,31)(H,28,32)(H,29,33)/t19-/m0/s1. The number of aromatic nitrogens is 1. The van der Waals surface area contributed by atoms with Gasteiger partial charge in [-0.2, -0.15) is 0 Å². The summed E-state index contributed by atoms with van der Waals surface area (Å²) in [7, 11) is 0. The van der Waals surface area contributed by atoms with E-state index in [0.29, 0.717) is 22.1 Å². The number of primary amides is 1. The van der Waals surface area contributed by atoms with Crippen LogP contribution in [0.1, 0.15) is 16.9 Å². The lowest BCUT2D eigenvalue weighted by atomic mass is 10.1. The molecule has 2 aromatic carbocycles. The number of thiazole rings is 1. The van der Waals surface area contributed by atoms with E-state index in [-0.39, 0.29) is 12.1 Å². The van der Waals surface area contributed by atoms with Gasteiger partial charge in [-0.1, -0.05) is 42.5 Å². The number of nitrogen functional groups attached to an aromatic ring is 2. The summed E-state index contributed by atoms with van der Waals surface area (Å²) in [4.78, 5) is 41.6. The Bertz CT molecular complexity index is 1240. The molecule has 0 saturated heterocycles. The molecule has 0 fully saturated rings. The van der Waals surface area contributed by atoms with Gasteiger partial charge in [0.15, 0.2) is 0 Å². The molecule has 0 radical (unpaired) electrons.